The second-order valence-corrected chi connectivity index (χ2v) is 2.94. The highest BCUT2D eigenvalue weighted by molar-refractivity contribution is 6.50. The molecule has 0 fully saturated rings. The summed E-state index contributed by atoms with van der Waals surface area (Å²) in [5, 5.41) is 0.950. The van der Waals surface area contributed by atoms with Gasteiger partial charge in [-0.2, -0.15) is 0 Å². The smallest absolute Gasteiger partial charge is 0.0834 e. The zero-order valence-electron chi connectivity index (χ0n) is 5.49. The quantitative estimate of drug-likeness (QED) is 0.524. The molecule has 0 aliphatic rings. The Morgan fingerprint density at radius 3 is 2.40 bits per heavy atom. The van der Waals surface area contributed by atoms with Gasteiger partial charge in [-0.15, -0.1) is 0 Å². The van der Waals surface area contributed by atoms with Crippen LogP contribution in [0.4, 0.5) is 0 Å². The standard InChI is InChI=1S/C7H5BCl2/c1-4-2-5(8)7(10)6(9)3-4/h2-3H,1H3. The van der Waals surface area contributed by atoms with Gasteiger partial charge in [0, 0.05) is 0 Å². The van der Waals surface area contributed by atoms with Crippen molar-refractivity contribution in [3.63, 3.8) is 0 Å². The fourth-order valence-corrected chi connectivity index (χ4v) is 1.14. The van der Waals surface area contributed by atoms with Crippen LogP contribution in [-0.4, -0.2) is 7.85 Å². The van der Waals surface area contributed by atoms with E-state index in [9.17, 15) is 0 Å². The lowest BCUT2D eigenvalue weighted by Gasteiger charge is -2.01. The fourth-order valence-electron chi connectivity index (χ4n) is 0.751. The number of benzene rings is 1. The van der Waals surface area contributed by atoms with E-state index in [-0.39, 0.29) is 0 Å². The first-order valence-electron chi connectivity index (χ1n) is 2.82. The molecule has 0 aromatic heterocycles. The van der Waals surface area contributed by atoms with Gasteiger partial charge in [0.15, 0.2) is 0 Å². The molecule has 0 aliphatic heterocycles. The van der Waals surface area contributed by atoms with E-state index >= 15 is 0 Å². The Morgan fingerprint density at radius 1 is 1.30 bits per heavy atom. The Hall–Kier alpha value is -0.135. The van der Waals surface area contributed by atoms with Crippen LogP contribution < -0.4 is 5.46 Å². The molecule has 0 heterocycles. The molecule has 0 spiro atoms. The molecule has 3 heteroatoms. The highest BCUT2D eigenvalue weighted by Gasteiger charge is 1.99. The third kappa shape index (κ3) is 1.47. The molecule has 50 valence electrons. The van der Waals surface area contributed by atoms with Crippen molar-refractivity contribution in [3.05, 3.63) is 27.7 Å². The van der Waals surface area contributed by atoms with Gasteiger partial charge in [-0.25, -0.2) is 0 Å². The fraction of sp³-hybridized carbons (Fsp3) is 0.143. The van der Waals surface area contributed by atoms with Crippen molar-refractivity contribution in [2.45, 2.75) is 6.92 Å². The maximum Gasteiger partial charge on any atom is 0.115 e. The minimum Gasteiger partial charge on any atom is -0.0834 e. The van der Waals surface area contributed by atoms with Gasteiger partial charge < -0.3 is 0 Å². The maximum absolute atomic E-state index is 5.71. The first-order chi connectivity index (χ1) is 4.61. The summed E-state index contributed by atoms with van der Waals surface area (Å²) in [4.78, 5) is 0. The van der Waals surface area contributed by atoms with Crippen molar-refractivity contribution in [2.24, 2.45) is 0 Å². The lowest BCUT2D eigenvalue weighted by atomic mass is 9.95. The molecule has 0 bridgehead atoms. The molecule has 0 atom stereocenters. The minimum atomic E-state index is 0.437. The van der Waals surface area contributed by atoms with E-state index < -0.39 is 0 Å². The summed E-state index contributed by atoms with van der Waals surface area (Å²) >= 11 is 11.4. The van der Waals surface area contributed by atoms with Crippen LogP contribution in [0.1, 0.15) is 5.56 Å². The molecular weight excluding hydrogens is 166 g/mol. The molecule has 1 aromatic carbocycles. The van der Waals surface area contributed by atoms with Gasteiger partial charge >= 0.3 is 0 Å². The van der Waals surface area contributed by atoms with E-state index in [2.05, 4.69) is 0 Å². The zero-order chi connectivity index (χ0) is 7.72. The highest BCUT2D eigenvalue weighted by Crippen LogP contribution is 2.19. The number of hydrogen-bond donors (Lipinski definition) is 0. The maximum atomic E-state index is 5.71. The van der Waals surface area contributed by atoms with E-state index in [1.165, 1.54) is 0 Å². The average Bonchev–Trinajstić information content (AvgIpc) is 1.82. The molecule has 0 N–H and O–H groups in total. The molecule has 1 rings (SSSR count). The van der Waals surface area contributed by atoms with Gasteiger partial charge in [0.05, 0.1) is 10.0 Å². The third-order valence-corrected chi connectivity index (χ3v) is 2.02. The van der Waals surface area contributed by atoms with Crippen LogP contribution in [0, 0.1) is 6.92 Å². The normalized spacial score (nSPS) is 9.90. The summed E-state index contributed by atoms with van der Waals surface area (Å²) in [5.41, 5.74) is 1.55. The van der Waals surface area contributed by atoms with Crippen LogP contribution in [0.5, 0.6) is 0 Å². The van der Waals surface area contributed by atoms with Crippen molar-refractivity contribution < 1.29 is 0 Å². The zero-order valence-corrected chi connectivity index (χ0v) is 7.00. The summed E-state index contributed by atoms with van der Waals surface area (Å²) in [6.07, 6.45) is 0. The molecule has 0 nitrogen and oxygen atoms in total. The molecule has 2 radical (unpaired) electrons. The predicted octanol–water partition coefficient (Wildman–Crippen LogP) is 2.10. The van der Waals surface area contributed by atoms with Gasteiger partial charge in [0.25, 0.3) is 0 Å². The third-order valence-electron chi connectivity index (χ3n) is 1.20. The van der Waals surface area contributed by atoms with Crippen LogP contribution in [0.3, 0.4) is 0 Å². The number of rotatable bonds is 0. The summed E-state index contributed by atoms with van der Waals surface area (Å²) in [6, 6.07) is 3.56. The molecule has 0 saturated heterocycles. The molecule has 0 aliphatic carbocycles. The Kier molecular flexibility index (Phi) is 2.27. The van der Waals surface area contributed by atoms with Crippen molar-refractivity contribution in [3.8, 4) is 0 Å². The van der Waals surface area contributed by atoms with E-state index in [4.69, 9.17) is 31.0 Å². The summed E-state index contributed by atoms with van der Waals surface area (Å²) in [5.74, 6) is 0. The van der Waals surface area contributed by atoms with Crippen molar-refractivity contribution in [1.82, 2.24) is 0 Å². The monoisotopic (exact) mass is 170 g/mol. The Bertz CT molecular complexity index is 235. The van der Waals surface area contributed by atoms with Gasteiger partial charge in [-0.1, -0.05) is 40.3 Å². The van der Waals surface area contributed by atoms with Gasteiger partial charge in [-0.3, -0.25) is 0 Å². The SMILES string of the molecule is [B]c1cc(C)cc(Cl)c1Cl. The number of aryl methyl sites for hydroxylation is 1. The number of halogens is 2. The second-order valence-electron chi connectivity index (χ2n) is 2.15. The van der Waals surface area contributed by atoms with Crippen LogP contribution in [0.2, 0.25) is 10.0 Å². The van der Waals surface area contributed by atoms with Crippen molar-refractivity contribution >= 4 is 36.5 Å². The lowest BCUT2D eigenvalue weighted by Crippen LogP contribution is -2.04. The van der Waals surface area contributed by atoms with Crippen LogP contribution >= 0.6 is 23.2 Å². The average molecular weight is 171 g/mol. The molecule has 1 aromatic rings. The molecular formula is C7H5BCl2. The van der Waals surface area contributed by atoms with Gasteiger partial charge in [0.1, 0.15) is 7.85 Å². The van der Waals surface area contributed by atoms with Gasteiger partial charge in [-0.05, 0) is 13.0 Å². The Labute approximate surface area is 71.6 Å². The lowest BCUT2D eigenvalue weighted by molar-refractivity contribution is 1.49. The topological polar surface area (TPSA) is 0 Å². The van der Waals surface area contributed by atoms with Crippen LogP contribution in [-0.2, 0) is 0 Å². The first-order valence-corrected chi connectivity index (χ1v) is 3.58. The summed E-state index contributed by atoms with van der Waals surface area (Å²) in [6.45, 7) is 1.92. The molecule has 0 amide bonds. The van der Waals surface area contributed by atoms with E-state index in [1.807, 2.05) is 6.92 Å². The van der Waals surface area contributed by atoms with Crippen molar-refractivity contribution in [2.75, 3.05) is 0 Å². The minimum absolute atomic E-state index is 0.437. The first kappa shape index (κ1) is 7.97. The highest BCUT2D eigenvalue weighted by atomic mass is 35.5. The second kappa shape index (κ2) is 2.85. The predicted molar refractivity (Wildman–Crippen MR) is 46.6 cm³/mol. The number of hydrogen-bond acceptors (Lipinski definition) is 0. The van der Waals surface area contributed by atoms with E-state index in [1.54, 1.807) is 12.1 Å². The largest absolute Gasteiger partial charge is 0.115 e. The summed E-state index contributed by atoms with van der Waals surface area (Å²) in [7, 11) is 5.51. The molecule has 0 saturated carbocycles. The Balaban J connectivity index is 3.31. The van der Waals surface area contributed by atoms with Crippen molar-refractivity contribution in [1.29, 1.82) is 0 Å². The summed E-state index contributed by atoms with van der Waals surface area (Å²) < 4.78 is 0. The van der Waals surface area contributed by atoms with Gasteiger partial charge in [0.2, 0.25) is 0 Å². The van der Waals surface area contributed by atoms with Crippen LogP contribution in [0.15, 0.2) is 12.1 Å². The Morgan fingerprint density at radius 2 is 1.90 bits per heavy atom. The van der Waals surface area contributed by atoms with E-state index in [0.29, 0.717) is 15.5 Å². The van der Waals surface area contributed by atoms with Crippen LogP contribution in [0.25, 0.3) is 0 Å². The molecule has 10 heavy (non-hydrogen) atoms. The molecule has 0 unspecified atom stereocenters. The van der Waals surface area contributed by atoms with E-state index in [0.717, 1.165) is 5.56 Å².